The van der Waals surface area contributed by atoms with E-state index in [1.54, 1.807) is 0 Å². The van der Waals surface area contributed by atoms with Crippen LogP contribution in [0.15, 0.2) is 54.6 Å². The van der Waals surface area contributed by atoms with Crippen LogP contribution in [-0.4, -0.2) is 22.3 Å². The van der Waals surface area contributed by atoms with Crippen molar-refractivity contribution in [3.63, 3.8) is 0 Å². The van der Waals surface area contributed by atoms with E-state index >= 15 is 0 Å². The molecule has 23 heavy (non-hydrogen) atoms. The van der Waals surface area contributed by atoms with Gasteiger partial charge in [-0.25, -0.2) is 0 Å². The topological polar surface area (TPSA) is 36.1 Å². The molecule has 116 valence electrons. The molecule has 2 aromatic carbocycles. The van der Waals surface area contributed by atoms with Crippen molar-refractivity contribution >= 4 is 16.8 Å². The van der Waals surface area contributed by atoms with Gasteiger partial charge in [-0.3, -0.25) is 4.79 Å². The lowest BCUT2D eigenvalue weighted by Gasteiger charge is -2.36. The molecule has 0 bridgehead atoms. The fraction of sp³-hybridized carbons (Fsp3) is 0.250. The Bertz CT molecular complexity index is 850. The summed E-state index contributed by atoms with van der Waals surface area (Å²) in [5, 5.41) is 1.28. The number of para-hydroxylation sites is 1. The molecule has 1 N–H and O–H groups in total. The SMILES string of the molecule is CCC(=O)N1CCc2c([nH]c3ccccc23)C1c1ccccc1. The van der Waals surface area contributed by atoms with Gasteiger partial charge >= 0.3 is 0 Å². The van der Waals surface area contributed by atoms with Crippen LogP contribution in [0.25, 0.3) is 10.9 Å². The minimum absolute atomic E-state index is 0.0141. The first-order chi connectivity index (χ1) is 11.3. The molecule has 0 spiro atoms. The zero-order chi connectivity index (χ0) is 15.8. The number of carbonyl (C=O) groups excluding carboxylic acids is 1. The summed E-state index contributed by atoms with van der Waals surface area (Å²) in [6, 6.07) is 18.7. The molecule has 0 fully saturated rings. The van der Waals surface area contributed by atoms with Crippen molar-refractivity contribution in [2.45, 2.75) is 25.8 Å². The van der Waals surface area contributed by atoms with Gasteiger partial charge < -0.3 is 9.88 Å². The van der Waals surface area contributed by atoms with Gasteiger partial charge in [0.2, 0.25) is 5.91 Å². The number of amides is 1. The van der Waals surface area contributed by atoms with Crippen LogP contribution >= 0.6 is 0 Å². The maximum absolute atomic E-state index is 12.5. The molecule has 2 heterocycles. The average molecular weight is 304 g/mol. The van der Waals surface area contributed by atoms with Crippen molar-refractivity contribution in [1.82, 2.24) is 9.88 Å². The third-order valence-corrected chi connectivity index (χ3v) is 4.77. The molecule has 1 unspecified atom stereocenters. The van der Waals surface area contributed by atoms with Crippen molar-refractivity contribution in [1.29, 1.82) is 0 Å². The number of H-pyrrole nitrogens is 1. The van der Waals surface area contributed by atoms with E-state index in [0.717, 1.165) is 18.5 Å². The number of hydrogen-bond acceptors (Lipinski definition) is 1. The van der Waals surface area contributed by atoms with E-state index in [9.17, 15) is 4.79 Å². The predicted molar refractivity (Wildman–Crippen MR) is 92.3 cm³/mol. The Kier molecular flexibility index (Phi) is 3.41. The number of nitrogens with one attached hydrogen (secondary N) is 1. The number of fused-ring (bicyclic) bond motifs is 3. The first kappa shape index (κ1) is 14.1. The number of carbonyl (C=O) groups is 1. The summed E-state index contributed by atoms with van der Waals surface area (Å²) < 4.78 is 0. The van der Waals surface area contributed by atoms with Crippen LogP contribution in [0.5, 0.6) is 0 Å². The Morgan fingerprint density at radius 1 is 1.13 bits per heavy atom. The molecule has 1 aliphatic heterocycles. The van der Waals surface area contributed by atoms with Crippen LogP contribution in [0.1, 0.15) is 36.2 Å². The summed E-state index contributed by atoms with van der Waals surface area (Å²) in [7, 11) is 0. The molecular formula is C20H20N2O. The molecule has 3 aromatic rings. The van der Waals surface area contributed by atoms with Crippen molar-refractivity contribution in [3.05, 3.63) is 71.4 Å². The summed E-state index contributed by atoms with van der Waals surface area (Å²) in [6.45, 7) is 2.71. The zero-order valence-corrected chi connectivity index (χ0v) is 13.3. The smallest absolute Gasteiger partial charge is 0.223 e. The monoisotopic (exact) mass is 304 g/mol. The highest BCUT2D eigenvalue weighted by atomic mass is 16.2. The van der Waals surface area contributed by atoms with Crippen LogP contribution in [0.2, 0.25) is 0 Å². The number of nitrogens with zero attached hydrogens (tertiary/aromatic N) is 1. The Balaban J connectivity index is 1.92. The van der Waals surface area contributed by atoms with Gasteiger partial charge in [0.1, 0.15) is 0 Å². The van der Waals surface area contributed by atoms with Gasteiger partial charge in [0.15, 0.2) is 0 Å². The van der Waals surface area contributed by atoms with Gasteiger partial charge in [0.25, 0.3) is 0 Å². The predicted octanol–water partition coefficient (Wildman–Crippen LogP) is 4.05. The molecule has 3 heteroatoms. The van der Waals surface area contributed by atoms with Crippen molar-refractivity contribution < 1.29 is 4.79 Å². The highest BCUT2D eigenvalue weighted by molar-refractivity contribution is 5.86. The van der Waals surface area contributed by atoms with Crippen molar-refractivity contribution in [3.8, 4) is 0 Å². The van der Waals surface area contributed by atoms with Crippen LogP contribution in [0.3, 0.4) is 0 Å². The summed E-state index contributed by atoms with van der Waals surface area (Å²) >= 11 is 0. The number of aromatic nitrogens is 1. The van der Waals surface area contributed by atoms with E-state index in [0.29, 0.717) is 6.42 Å². The van der Waals surface area contributed by atoms with Gasteiger partial charge in [-0.15, -0.1) is 0 Å². The van der Waals surface area contributed by atoms with Gasteiger partial charge in [-0.1, -0.05) is 55.5 Å². The first-order valence-electron chi connectivity index (χ1n) is 8.23. The summed E-state index contributed by atoms with van der Waals surface area (Å²) in [6.07, 6.45) is 1.45. The van der Waals surface area contributed by atoms with Crippen LogP contribution in [-0.2, 0) is 11.2 Å². The fourth-order valence-corrected chi connectivity index (χ4v) is 3.69. The standard InChI is InChI=1S/C20H20N2O/c1-2-18(23)22-13-12-16-15-10-6-7-11-17(15)21-19(16)20(22)14-8-4-3-5-9-14/h3-11,20-21H,2,12-13H2,1H3. The third-order valence-electron chi connectivity index (χ3n) is 4.77. The van der Waals surface area contributed by atoms with E-state index in [1.165, 1.54) is 22.2 Å². The van der Waals surface area contributed by atoms with E-state index < -0.39 is 0 Å². The molecule has 1 aliphatic rings. The van der Waals surface area contributed by atoms with E-state index in [2.05, 4.69) is 41.4 Å². The Morgan fingerprint density at radius 3 is 2.65 bits per heavy atom. The molecule has 1 atom stereocenters. The fourth-order valence-electron chi connectivity index (χ4n) is 3.69. The Labute approximate surface area is 135 Å². The zero-order valence-electron chi connectivity index (χ0n) is 13.3. The lowest BCUT2D eigenvalue weighted by atomic mass is 9.92. The van der Waals surface area contributed by atoms with Crippen molar-refractivity contribution in [2.75, 3.05) is 6.54 Å². The lowest BCUT2D eigenvalue weighted by Crippen LogP contribution is -2.40. The van der Waals surface area contributed by atoms with Gasteiger partial charge in [0.05, 0.1) is 6.04 Å². The second kappa shape index (κ2) is 5.58. The van der Waals surface area contributed by atoms with Gasteiger partial charge in [0, 0.05) is 29.6 Å². The number of hydrogen-bond donors (Lipinski definition) is 1. The van der Waals surface area contributed by atoms with Crippen LogP contribution < -0.4 is 0 Å². The first-order valence-corrected chi connectivity index (χ1v) is 8.23. The normalized spacial score (nSPS) is 17.3. The molecule has 0 saturated carbocycles. The summed E-state index contributed by atoms with van der Waals surface area (Å²) in [5.41, 5.74) is 4.85. The van der Waals surface area contributed by atoms with E-state index in [-0.39, 0.29) is 11.9 Å². The molecule has 1 aromatic heterocycles. The lowest BCUT2D eigenvalue weighted by molar-refractivity contribution is -0.133. The summed E-state index contributed by atoms with van der Waals surface area (Å²) in [5.74, 6) is 0.211. The second-order valence-corrected chi connectivity index (χ2v) is 6.07. The minimum atomic E-state index is -0.0141. The van der Waals surface area contributed by atoms with Gasteiger partial charge in [-0.05, 0) is 23.6 Å². The quantitative estimate of drug-likeness (QED) is 0.761. The average Bonchev–Trinajstić information content (AvgIpc) is 2.99. The van der Waals surface area contributed by atoms with E-state index in [4.69, 9.17) is 0 Å². The minimum Gasteiger partial charge on any atom is -0.356 e. The largest absolute Gasteiger partial charge is 0.356 e. The Morgan fingerprint density at radius 2 is 1.87 bits per heavy atom. The Hall–Kier alpha value is -2.55. The van der Waals surface area contributed by atoms with Gasteiger partial charge in [-0.2, -0.15) is 0 Å². The maximum Gasteiger partial charge on any atom is 0.223 e. The highest BCUT2D eigenvalue weighted by Crippen LogP contribution is 2.38. The second-order valence-electron chi connectivity index (χ2n) is 6.07. The van der Waals surface area contributed by atoms with Crippen molar-refractivity contribution in [2.24, 2.45) is 0 Å². The molecular weight excluding hydrogens is 284 g/mol. The molecule has 0 radical (unpaired) electrons. The molecule has 4 rings (SSSR count). The highest BCUT2D eigenvalue weighted by Gasteiger charge is 2.33. The number of rotatable bonds is 2. The molecule has 1 amide bonds. The van der Waals surface area contributed by atoms with Crippen LogP contribution in [0, 0.1) is 0 Å². The molecule has 3 nitrogen and oxygen atoms in total. The molecule has 0 aliphatic carbocycles. The molecule has 0 saturated heterocycles. The van der Waals surface area contributed by atoms with Crippen LogP contribution in [0.4, 0.5) is 0 Å². The summed E-state index contributed by atoms with van der Waals surface area (Å²) in [4.78, 5) is 18.1. The third kappa shape index (κ3) is 2.24. The maximum atomic E-state index is 12.5. The number of benzene rings is 2. The number of aromatic amines is 1. The van der Waals surface area contributed by atoms with E-state index in [1.807, 2.05) is 30.0 Å².